The number of allylic oxidation sites excluding steroid dienone is 1. The molecule has 1 saturated heterocycles. The van der Waals surface area contributed by atoms with Gasteiger partial charge in [-0.1, -0.05) is 25.5 Å². The molecule has 0 bridgehead atoms. The van der Waals surface area contributed by atoms with E-state index in [4.69, 9.17) is 9.47 Å². The van der Waals surface area contributed by atoms with E-state index in [1.807, 2.05) is 0 Å². The first-order chi connectivity index (χ1) is 15.2. The molecule has 182 valence electrons. The minimum absolute atomic E-state index is 0.0319. The van der Waals surface area contributed by atoms with Gasteiger partial charge in [-0.05, 0) is 80.0 Å². The molecule has 7 nitrogen and oxygen atoms in total. The molecule has 4 fully saturated rings. The molecular formula is C25H40O7. The zero-order valence-corrected chi connectivity index (χ0v) is 19.3. The standard InChI is InChI=1S/C25H40O7/c1-24-9-7-14(27)11-13(24)3-4-15-16-5-6-19(25(16,2)10-8-17(15)24)32-23-22(30)21(29)20(28)18(12-26)31-23/h3,14-23,26-30H,4-12H2,1-2H3/t14-,15?,16?,17?,18-,19-,20-,21+,22-,23+,24-,25-/m0/s1. The smallest absolute Gasteiger partial charge is 0.186 e. The van der Waals surface area contributed by atoms with Crippen LogP contribution in [0.5, 0.6) is 0 Å². The van der Waals surface area contributed by atoms with E-state index in [9.17, 15) is 25.5 Å². The Kier molecular flexibility index (Phi) is 6.02. The largest absolute Gasteiger partial charge is 0.394 e. The molecule has 3 saturated carbocycles. The highest BCUT2D eigenvalue weighted by Gasteiger charge is 2.60. The minimum Gasteiger partial charge on any atom is -0.394 e. The lowest BCUT2D eigenvalue weighted by Gasteiger charge is -2.58. The Morgan fingerprint density at radius 2 is 1.75 bits per heavy atom. The zero-order chi connectivity index (χ0) is 22.8. The summed E-state index contributed by atoms with van der Waals surface area (Å²) in [5.74, 6) is 1.76. The minimum atomic E-state index is -1.41. The molecule has 7 heteroatoms. The van der Waals surface area contributed by atoms with Gasteiger partial charge in [0.1, 0.15) is 24.4 Å². The van der Waals surface area contributed by atoms with E-state index in [1.165, 1.54) is 5.57 Å². The molecule has 32 heavy (non-hydrogen) atoms. The molecule has 12 atom stereocenters. The van der Waals surface area contributed by atoms with Crippen molar-refractivity contribution in [3.05, 3.63) is 11.6 Å². The number of hydrogen-bond donors (Lipinski definition) is 5. The van der Waals surface area contributed by atoms with Gasteiger partial charge in [0, 0.05) is 0 Å². The number of rotatable bonds is 3. The van der Waals surface area contributed by atoms with Crippen molar-refractivity contribution in [1.82, 2.24) is 0 Å². The molecule has 1 heterocycles. The van der Waals surface area contributed by atoms with Crippen LogP contribution in [-0.4, -0.2) is 75.1 Å². The molecule has 0 spiro atoms. The van der Waals surface area contributed by atoms with Crippen LogP contribution in [0.25, 0.3) is 0 Å². The lowest BCUT2D eigenvalue weighted by atomic mass is 9.48. The van der Waals surface area contributed by atoms with Gasteiger partial charge in [0.2, 0.25) is 0 Å². The van der Waals surface area contributed by atoms with Crippen LogP contribution in [-0.2, 0) is 9.47 Å². The Morgan fingerprint density at radius 3 is 2.50 bits per heavy atom. The van der Waals surface area contributed by atoms with E-state index in [1.54, 1.807) is 0 Å². The third kappa shape index (κ3) is 3.43. The highest BCUT2D eigenvalue weighted by molar-refractivity contribution is 5.25. The van der Waals surface area contributed by atoms with Crippen molar-refractivity contribution in [2.75, 3.05) is 6.61 Å². The predicted octanol–water partition coefficient (Wildman–Crippen LogP) is 1.50. The fourth-order valence-electron chi connectivity index (χ4n) is 8.16. The quantitative estimate of drug-likeness (QED) is 0.412. The van der Waals surface area contributed by atoms with Gasteiger partial charge >= 0.3 is 0 Å². The summed E-state index contributed by atoms with van der Waals surface area (Å²) in [4.78, 5) is 0. The fraction of sp³-hybridized carbons (Fsp3) is 0.920. The molecule has 1 aliphatic heterocycles. The SMILES string of the molecule is C[C@]12CC[C@H](O)CC1=CCC1C2CC[C@@]2(C)C1CC[C@@H]2O[C@H]1O[C@@H](CO)[C@H](O)[C@@H](O)[C@@H]1O. The van der Waals surface area contributed by atoms with E-state index in [2.05, 4.69) is 19.9 Å². The molecule has 5 N–H and O–H groups in total. The van der Waals surface area contributed by atoms with Crippen LogP contribution in [0.2, 0.25) is 0 Å². The number of aliphatic hydroxyl groups excluding tert-OH is 5. The Labute approximate surface area is 190 Å². The van der Waals surface area contributed by atoms with Gasteiger partial charge in [0.25, 0.3) is 0 Å². The monoisotopic (exact) mass is 452 g/mol. The third-order valence-electron chi connectivity index (χ3n) is 10.1. The van der Waals surface area contributed by atoms with Crippen LogP contribution in [0.4, 0.5) is 0 Å². The second-order valence-corrected chi connectivity index (χ2v) is 11.6. The van der Waals surface area contributed by atoms with Crippen LogP contribution >= 0.6 is 0 Å². The maximum Gasteiger partial charge on any atom is 0.186 e. The summed E-state index contributed by atoms with van der Waals surface area (Å²) in [5.41, 5.74) is 1.63. The molecule has 0 aromatic heterocycles. The summed E-state index contributed by atoms with van der Waals surface area (Å²) in [7, 11) is 0. The molecule has 5 rings (SSSR count). The Balaban J connectivity index is 1.33. The highest BCUT2D eigenvalue weighted by atomic mass is 16.7. The van der Waals surface area contributed by atoms with Gasteiger partial charge < -0.3 is 35.0 Å². The topological polar surface area (TPSA) is 120 Å². The van der Waals surface area contributed by atoms with Crippen molar-refractivity contribution in [3.8, 4) is 0 Å². The number of hydrogen-bond acceptors (Lipinski definition) is 7. The Bertz CT molecular complexity index is 740. The summed E-state index contributed by atoms with van der Waals surface area (Å²) < 4.78 is 12.0. The van der Waals surface area contributed by atoms with Gasteiger partial charge in [-0.2, -0.15) is 0 Å². The van der Waals surface area contributed by atoms with Crippen LogP contribution < -0.4 is 0 Å². The van der Waals surface area contributed by atoms with E-state index in [0.29, 0.717) is 17.8 Å². The van der Waals surface area contributed by atoms with Crippen molar-refractivity contribution in [2.24, 2.45) is 28.6 Å². The molecule has 0 amide bonds. The number of aliphatic hydroxyl groups is 5. The summed E-state index contributed by atoms with van der Waals surface area (Å²) in [6.07, 6.45) is 3.99. The summed E-state index contributed by atoms with van der Waals surface area (Å²) in [5, 5.41) is 50.4. The van der Waals surface area contributed by atoms with Gasteiger partial charge in [0.15, 0.2) is 6.29 Å². The molecule has 3 unspecified atom stereocenters. The fourth-order valence-corrected chi connectivity index (χ4v) is 8.16. The Morgan fingerprint density at radius 1 is 0.969 bits per heavy atom. The zero-order valence-electron chi connectivity index (χ0n) is 19.3. The normalized spacial score (nSPS) is 55.5. The lowest BCUT2D eigenvalue weighted by Crippen LogP contribution is -2.60. The van der Waals surface area contributed by atoms with Gasteiger partial charge in [-0.25, -0.2) is 0 Å². The summed E-state index contributed by atoms with van der Waals surface area (Å²) >= 11 is 0. The summed E-state index contributed by atoms with van der Waals surface area (Å²) in [6.45, 7) is 4.28. The first-order valence-corrected chi connectivity index (χ1v) is 12.5. The van der Waals surface area contributed by atoms with E-state index < -0.39 is 37.3 Å². The van der Waals surface area contributed by atoms with E-state index >= 15 is 0 Å². The van der Waals surface area contributed by atoms with Crippen LogP contribution in [0.15, 0.2) is 11.6 Å². The van der Waals surface area contributed by atoms with E-state index in [-0.39, 0.29) is 23.0 Å². The molecular weight excluding hydrogens is 412 g/mol. The van der Waals surface area contributed by atoms with Gasteiger partial charge in [0.05, 0.1) is 18.8 Å². The van der Waals surface area contributed by atoms with Crippen molar-refractivity contribution in [3.63, 3.8) is 0 Å². The number of ether oxygens (including phenoxy) is 2. The second-order valence-electron chi connectivity index (χ2n) is 11.6. The first kappa shape index (κ1) is 23.2. The molecule has 0 aromatic rings. The van der Waals surface area contributed by atoms with E-state index in [0.717, 1.165) is 51.4 Å². The predicted molar refractivity (Wildman–Crippen MR) is 116 cm³/mol. The second kappa shape index (κ2) is 8.29. The number of fused-ring (bicyclic) bond motifs is 5. The van der Waals surface area contributed by atoms with Crippen LogP contribution in [0.3, 0.4) is 0 Å². The van der Waals surface area contributed by atoms with Gasteiger partial charge in [-0.3, -0.25) is 0 Å². The molecule has 0 aromatic carbocycles. The summed E-state index contributed by atoms with van der Waals surface area (Å²) in [6, 6.07) is 0. The van der Waals surface area contributed by atoms with Crippen LogP contribution in [0.1, 0.15) is 65.2 Å². The average molecular weight is 453 g/mol. The molecule has 0 radical (unpaired) electrons. The Hall–Kier alpha value is -0.540. The van der Waals surface area contributed by atoms with Crippen molar-refractivity contribution >= 4 is 0 Å². The maximum absolute atomic E-state index is 10.5. The third-order valence-corrected chi connectivity index (χ3v) is 10.1. The molecule has 4 aliphatic carbocycles. The van der Waals surface area contributed by atoms with Gasteiger partial charge in [-0.15, -0.1) is 0 Å². The highest BCUT2D eigenvalue weighted by Crippen LogP contribution is 2.65. The first-order valence-electron chi connectivity index (χ1n) is 12.5. The molecule has 5 aliphatic rings. The lowest BCUT2D eigenvalue weighted by molar-refractivity contribution is -0.319. The maximum atomic E-state index is 10.5. The van der Waals surface area contributed by atoms with Crippen molar-refractivity contribution < 1.29 is 35.0 Å². The van der Waals surface area contributed by atoms with Crippen LogP contribution in [0, 0.1) is 28.6 Å². The van der Waals surface area contributed by atoms with Crippen molar-refractivity contribution in [1.29, 1.82) is 0 Å². The van der Waals surface area contributed by atoms with Crippen molar-refractivity contribution in [2.45, 2.75) is 108 Å². The average Bonchev–Trinajstić information content (AvgIpc) is 3.10.